The summed E-state index contributed by atoms with van der Waals surface area (Å²) in [6.07, 6.45) is 0. The van der Waals surface area contributed by atoms with Gasteiger partial charge in [0.2, 0.25) is 0 Å². The third-order valence-corrected chi connectivity index (χ3v) is 6.42. The summed E-state index contributed by atoms with van der Waals surface area (Å²) in [7, 11) is 0. The number of carbonyl (C=O) groups excluding carboxylic acids is 1. The second kappa shape index (κ2) is 8.20. The van der Waals surface area contributed by atoms with Crippen molar-refractivity contribution < 1.29 is 86.4 Å². The fourth-order valence-corrected chi connectivity index (χ4v) is 4.56. The van der Waals surface area contributed by atoms with Crippen molar-refractivity contribution in [2.45, 2.75) is 5.60 Å². The Morgan fingerprint density at radius 2 is 1.31 bits per heavy atom. The fourth-order valence-electron chi connectivity index (χ4n) is 3.71. The molecule has 5 nitrogen and oxygen atoms in total. The molecule has 0 saturated heterocycles. The number of phenols is 2. The van der Waals surface area contributed by atoms with Crippen LogP contribution in [0.25, 0.3) is 0 Å². The van der Waals surface area contributed by atoms with Crippen LogP contribution in [0.1, 0.15) is 29.9 Å². The van der Waals surface area contributed by atoms with E-state index in [9.17, 15) is 15.0 Å². The summed E-state index contributed by atoms with van der Waals surface area (Å²) in [6.45, 7) is 0. The van der Waals surface area contributed by atoms with Crippen molar-refractivity contribution in [2.24, 2.45) is 0 Å². The van der Waals surface area contributed by atoms with Crippen molar-refractivity contribution in [2.75, 3.05) is 0 Å². The zero-order valence-corrected chi connectivity index (χ0v) is 22.7. The predicted molar refractivity (Wildman–Crippen MR) is 106 cm³/mol. The molecule has 0 aromatic heterocycles. The summed E-state index contributed by atoms with van der Waals surface area (Å²) in [5.41, 5.74) is 1.05. The largest absolute Gasteiger partial charge is 1.00 e. The maximum absolute atomic E-state index is 12.7. The van der Waals surface area contributed by atoms with E-state index in [-0.39, 0.29) is 73.5 Å². The molecule has 0 saturated carbocycles. The van der Waals surface area contributed by atoms with Crippen LogP contribution in [0.5, 0.6) is 23.0 Å². The van der Waals surface area contributed by atoms with Gasteiger partial charge in [-0.05, 0) is 62.2 Å². The van der Waals surface area contributed by atoms with Gasteiger partial charge in [-0.25, -0.2) is 4.79 Å². The Labute approximate surface area is 230 Å². The number of halogens is 2. The molecule has 0 atom stereocenters. The molecular weight excluding hydrogens is 526 g/mol. The fraction of sp³-hybridized carbons (Fsp3) is 0.0500. The molecule has 0 aliphatic carbocycles. The van der Waals surface area contributed by atoms with E-state index in [1.54, 1.807) is 24.3 Å². The molecule has 0 bridgehead atoms. The monoisotopic (exact) mass is 536 g/mol. The summed E-state index contributed by atoms with van der Waals surface area (Å²) in [5.74, 6) is 0.164. The number of fused-ring (bicyclic) bond motifs is 6. The summed E-state index contributed by atoms with van der Waals surface area (Å²) >= 11 is 6.71. The molecule has 2 aliphatic heterocycles. The molecule has 0 radical (unpaired) electrons. The third-order valence-electron chi connectivity index (χ3n) is 4.89. The number of rotatable bonds is 0. The molecule has 0 fully saturated rings. The average molecular weight is 538 g/mol. The quantitative estimate of drug-likeness (QED) is 0.297. The van der Waals surface area contributed by atoms with Crippen LogP contribution in [0.2, 0.25) is 0 Å². The number of hydrogen-bond acceptors (Lipinski definition) is 5. The van der Waals surface area contributed by atoms with E-state index in [0.717, 1.165) is 0 Å². The maximum atomic E-state index is 12.7. The minimum absolute atomic E-state index is 0. The maximum Gasteiger partial charge on any atom is 1.00 e. The number of carbonyl (C=O) groups is 1. The number of phenolic OH excluding ortho intramolecular Hbond substituents is 2. The van der Waals surface area contributed by atoms with Crippen LogP contribution >= 0.6 is 31.9 Å². The number of esters is 1. The van der Waals surface area contributed by atoms with Crippen molar-refractivity contribution in [3.63, 3.8) is 0 Å². The van der Waals surface area contributed by atoms with Gasteiger partial charge in [0, 0.05) is 16.7 Å². The van der Waals surface area contributed by atoms with Crippen LogP contribution in [-0.2, 0) is 10.3 Å². The van der Waals surface area contributed by atoms with E-state index in [2.05, 4.69) is 31.9 Å². The summed E-state index contributed by atoms with van der Waals surface area (Å²) in [6, 6.07) is 13.5. The minimum Gasteiger partial charge on any atom is -1.00 e. The molecule has 29 heavy (non-hydrogen) atoms. The zero-order valence-electron chi connectivity index (χ0n) is 17.5. The molecule has 3 aromatic carbocycles. The number of aromatic hydroxyl groups is 2. The Morgan fingerprint density at radius 1 is 0.793 bits per heavy atom. The summed E-state index contributed by atoms with van der Waals surface area (Å²) in [4.78, 5) is 12.7. The second-order valence-electron chi connectivity index (χ2n) is 6.27. The van der Waals surface area contributed by atoms with Gasteiger partial charge in [0.25, 0.3) is 0 Å². The topological polar surface area (TPSA) is 76.0 Å². The van der Waals surface area contributed by atoms with E-state index < -0.39 is 11.6 Å². The summed E-state index contributed by atoms with van der Waals surface area (Å²) < 4.78 is 12.7. The van der Waals surface area contributed by atoms with Crippen LogP contribution in [-0.4, -0.2) is 16.2 Å². The van der Waals surface area contributed by atoms with Crippen molar-refractivity contribution in [3.8, 4) is 23.0 Å². The number of benzene rings is 3. The molecule has 5 rings (SSSR count). The number of hydrogen-bond donors (Lipinski definition) is 2. The van der Waals surface area contributed by atoms with Gasteiger partial charge in [0.15, 0.2) is 17.1 Å². The SMILES string of the molecule is O=C1OC2(c3ccccc31)c1ccc(O)c(Br)c1Oc1c2ccc(O)c1Br.[H-].[H-].[Na+].[Na+]. The molecule has 0 unspecified atom stereocenters. The Hall–Kier alpha value is -0.510. The van der Waals surface area contributed by atoms with Gasteiger partial charge >= 0.3 is 65.1 Å². The molecular formula is C20H12Br2Na2O5. The van der Waals surface area contributed by atoms with Gasteiger partial charge in [-0.2, -0.15) is 0 Å². The van der Waals surface area contributed by atoms with Crippen LogP contribution in [0, 0.1) is 0 Å². The number of ether oxygens (including phenoxy) is 2. The molecule has 0 amide bonds. The molecule has 3 aromatic rings. The minimum atomic E-state index is -1.25. The second-order valence-corrected chi connectivity index (χ2v) is 7.86. The van der Waals surface area contributed by atoms with Gasteiger partial charge in [-0.3, -0.25) is 0 Å². The standard InChI is InChI=1S/C20H10Br2O5.2Na.2H/c21-15-13(23)7-5-11-17(15)26-18-12(6-8-14(24)16(18)22)20(11)10-4-2-1-3-9(10)19(25)27-20;;;;/h1-8,23-24H;;;;/q;2*+1;2*-1. The molecule has 2 heterocycles. The van der Waals surface area contributed by atoms with E-state index in [1.165, 1.54) is 12.1 Å². The third kappa shape index (κ3) is 3.13. The Kier molecular flexibility index (Phi) is 6.55. The van der Waals surface area contributed by atoms with Crippen LogP contribution < -0.4 is 63.9 Å². The van der Waals surface area contributed by atoms with E-state index in [4.69, 9.17) is 9.47 Å². The Balaban J connectivity index is 0.00000120. The van der Waals surface area contributed by atoms with E-state index in [1.807, 2.05) is 12.1 Å². The molecule has 138 valence electrons. The van der Waals surface area contributed by atoms with Crippen LogP contribution in [0.4, 0.5) is 0 Å². The van der Waals surface area contributed by atoms with Crippen molar-refractivity contribution in [1.82, 2.24) is 0 Å². The van der Waals surface area contributed by atoms with Gasteiger partial charge in [-0.1, -0.05) is 18.2 Å². The first-order chi connectivity index (χ1) is 12.9. The molecule has 2 N–H and O–H groups in total. The zero-order chi connectivity index (χ0) is 18.9. The van der Waals surface area contributed by atoms with Crippen molar-refractivity contribution >= 4 is 37.8 Å². The van der Waals surface area contributed by atoms with E-state index in [0.29, 0.717) is 42.7 Å². The Bertz CT molecular complexity index is 1120. The van der Waals surface area contributed by atoms with Crippen molar-refractivity contribution in [1.29, 1.82) is 0 Å². The van der Waals surface area contributed by atoms with Gasteiger partial charge in [0.1, 0.15) is 20.4 Å². The van der Waals surface area contributed by atoms with Gasteiger partial charge in [0.05, 0.1) is 5.56 Å². The van der Waals surface area contributed by atoms with Crippen LogP contribution in [0.15, 0.2) is 57.5 Å². The van der Waals surface area contributed by atoms with Gasteiger partial charge in [-0.15, -0.1) is 0 Å². The summed E-state index contributed by atoms with van der Waals surface area (Å²) in [5, 5.41) is 20.3. The normalized spacial score (nSPS) is 14.5. The molecule has 2 aliphatic rings. The first-order valence-corrected chi connectivity index (χ1v) is 9.58. The predicted octanol–water partition coefficient (Wildman–Crippen LogP) is -0.576. The van der Waals surface area contributed by atoms with E-state index >= 15 is 0 Å². The Morgan fingerprint density at radius 3 is 1.86 bits per heavy atom. The average Bonchev–Trinajstić information content (AvgIpc) is 2.96. The van der Waals surface area contributed by atoms with Gasteiger partial charge < -0.3 is 22.5 Å². The molecule has 9 heteroatoms. The first kappa shape index (κ1) is 23.2. The first-order valence-electron chi connectivity index (χ1n) is 7.99. The molecule has 1 spiro atoms. The van der Waals surface area contributed by atoms with Crippen molar-refractivity contribution in [3.05, 3.63) is 79.7 Å². The smallest absolute Gasteiger partial charge is 1.00 e. The van der Waals surface area contributed by atoms with Crippen LogP contribution in [0.3, 0.4) is 0 Å².